The summed E-state index contributed by atoms with van der Waals surface area (Å²) in [5.41, 5.74) is -2.00. The van der Waals surface area contributed by atoms with Gasteiger partial charge >= 0.3 is 6.18 Å². The molecule has 0 aliphatic heterocycles. The number of hydrogen-bond acceptors (Lipinski definition) is 1. The van der Waals surface area contributed by atoms with Crippen LogP contribution in [-0.2, 0) is 11.8 Å². The molecule has 19 heavy (non-hydrogen) atoms. The van der Waals surface area contributed by atoms with E-state index >= 15 is 0 Å². The first-order valence-corrected chi connectivity index (χ1v) is 6.72. The van der Waals surface area contributed by atoms with E-state index in [0.717, 1.165) is 25.3 Å². The molecule has 2 atom stereocenters. The highest BCUT2D eigenvalue weighted by Gasteiger charge is 2.41. The van der Waals surface area contributed by atoms with Crippen LogP contribution in [0.5, 0.6) is 0 Å². The normalized spacial score (nSPS) is 29.0. The van der Waals surface area contributed by atoms with Crippen molar-refractivity contribution in [2.75, 3.05) is 0 Å². The Morgan fingerprint density at radius 3 is 2.53 bits per heavy atom. The maximum atomic E-state index is 13.0. The second-order valence-electron chi connectivity index (χ2n) is 5.61. The van der Waals surface area contributed by atoms with Gasteiger partial charge in [-0.2, -0.15) is 13.2 Å². The van der Waals surface area contributed by atoms with Crippen LogP contribution < -0.4 is 0 Å². The molecule has 106 valence electrons. The van der Waals surface area contributed by atoms with Crippen molar-refractivity contribution in [2.45, 2.75) is 50.8 Å². The molecule has 2 unspecified atom stereocenters. The largest absolute Gasteiger partial charge is 0.416 e. The molecule has 1 aromatic carbocycles. The zero-order chi connectivity index (χ0) is 14.1. The lowest BCUT2D eigenvalue weighted by molar-refractivity contribution is -0.141. The van der Waals surface area contributed by atoms with Gasteiger partial charge in [0.1, 0.15) is 0 Å². The Hall–Kier alpha value is -1.03. The summed E-state index contributed by atoms with van der Waals surface area (Å²) < 4.78 is 39.1. The first kappa shape index (κ1) is 14.4. The summed E-state index contributed by atoms with van der Waals surface area (Å²) in [6.07, 6.45) is -1.10. The van der Waals surface area contributed by atoms with Gasteiger partial charge in [0.15, 0.2) is 0 Å². The predicted molar refractivity (Wildman–Crippen MR) is 67.6 cm³/mol. The third-order valence-electron chi connectivity index (χ3n) is 4.07. The van der Waals surface area contributed by atoms with E-state index in [-0.39, 0.29) is 5.56 Å². The first-order chi connectivity index (χ1) is 8.83. The van der Waals surface area contributed by atoms with E-state index in [1.807, 2.05) is 0 Å². The number of hydrogen-bond donors (Lipinski definition) is 1. The molecule has 1 nitrogen and oxygen atoms in total. The average molecular weight is 272 g/mol. The summed E-state index contributed by atoms with van der Waals surface area (Å²) in [6.45, 7) is 2.08. The smallest absolute Gasteiger partial charge is 0.385 e. The third-order valence-corrected chi connectivity index (χ3v) is 4.07. The van der Waals surface area contributed by atoms with Crippen LogP contribution >= 0.6 is 0 Å². The summed E-state index contributed by atoms with van der Waals surface area (Å²) in [5.74, 6) is 0.465. The Kier molecular flexibility index (Phi) is 3.90. The van der Waals surface area contributed by atoms with E-state index in [2.05, 4.69) is 6.92 Å². The number of benzene rings is 1. The van der Waals surface area contributed by atoms with E-state index in [1.165, 1.54) is 12.1 Å². The van der Waals surface area contributed by atoms with Crippen molar-refractivity contribution in [1.29, 1.82) is 0 Å². The van der Waals surface area contributed by atoms with Crippen molar-refractivity contribution in [3.8, 4) is 0 Å². The molecule has 1 aromatic rings. The molecule has 1 aliphatic carbocycles. The summed E-state index contributed by atoms with van der Waals surface area (Å²) in [6, 6.07) is 5.41. The predicted octanol–water partition coefficient (Wildman–Crippen LogP) is 4.49. The summed E-state index contributed by atoms with van der Waals surface area (Å²) in [5, 5.41) is 10.7. The maximum Gasteiger partial charge on any atom is 0.416 e. The van der Waals surface area contributed by atoms with Gasteiger partial charge in [-0.15, -0.1) is 0 Å². The fraction of sp³-hybridized carbons (Fsp3) is 0.600. The van der Waals surface area contributed by atoms with Gasteiger partial charge < -0.3 is 5.11 Å². The molecule has 1 fully saturated rings. The molecule has 0 heterocycles. The zero-order valence-electron chi connectivity index (χ0n) is 11.0. The Labute approximate surface area is 111 Å². The van der Waals surface area contributed by atoms with Gasteiger partial charge in [0, 0.05) is 0 Å². The highest BCUT2D eigenvalue weighted by molar-refractivity contribution is 5.34. The summed E-state index contributed by atoms with van der Waals surface area (Å²) in [7, 11) is 0. The van der Waals surface area contributed by atoms with Crippen LogP contribution in [0.15, 0.2) is 24.3 Å². The molecule has 0 saturated heterocycles. The highest BCUT2D eigenvalue weighted by Crippen LogP contribution is 2.43. The van der Waals surface area contributed by atoms with E-state index in [9.17, 15) is 18.3 Å². The minimum absolute atomic E-state index is 0.0385. The molecular formula is C15H19F3O. The van der Waals surface area contributed by atoms with E-state index < -0.39 is 17.3 Å². The van der Waals surface area contributed by atoms with Crippen LogP contribution in [0.3, 0.4) is 0 Å². The van der Waals surface area contributed by atoms with E-state index in [1.54, 1.807) is 6.07 Å². The SMILES string of the molecule is CC1CCCC(O)(c2ccccc2C(F)(F)F)CC1. The fourth-order valence-corrected chi connectivity index (χ4v) is 2.90. The monoisotopic (exact) mass is 272 g/mol. The van der Waals surface area contributed by atoms with Crippen LogP contribution in [-0.4, -0.2) is 5.11 Å². The lowest BCUT2D eigenvalue weighted by Crippen LogP contribution is -2.28. The van der Waals surface area contributed by atoms with Crippen LogP contribution in [0.2, 0.25) is 0 Å². The Morgan fingerprint density at radius 2 is 1.84 bits per heavy atom. The van der Waals surface area contributed by atoms with Crippen LogP contribution in [0, 0.1) is 5.92 Å². The van der Waals surface area contributed by atoms with Crippen molar-refractivity contribution in [2.24, 2.45) is 5.92 Å². The standard InChI is InChI=1S/C15H19F3O/c1-11-5-4-9-14(19,10-8-11)12-6-2-3-7-13(12)15(16,17)18/h2-3,6-7,11,19H,4-5,8-10H2,1H3. The Bertz CT molecular complexity index is 441. The first-order valence-electron chi connectivity index (χ1n) is 6.72. The topological polar surface area (TPSA) is 20.2 Å². The van der Waals surface area contributed by atoms with E-state index in [4.69, 9.17) is 0 Å². The van der Waals surface area contributed by atoms with Crippen molar-refractivity contribution in [3.05, 3.63) is 35.4 Å². The molecule has 1 N–H and O–H groups in total. The zero-order valence-corrected chi connectivity index (χ0v) is 11.0. The summed E-state index contributed by atoms with van der Waals surface area (Å²) >= 11 is 0. The molecule has 0 bridgehead atoms. The third kappa shape index (κ3) is 3.11. The van der Waals surface area contributed by atoms with Gasteiger partial charge in [-0.3, -0.25) is 0 Å². The van der Waals surface area contributed by atoms with Gasteiger partial charge in [-0.1, -0.05) is 31.5 Å². The van der Waals surface area contributed by atoms with Gasteiger partial charge in [-0.25, -0.2) is 0 Å². The number of aliphatic hydroxyl groups is 1. The molecule has 0 aromatic heterocycles. The van der Waals surface area contributed by atoms with Crippen LogP contribution in [0.4, 0.5) is 13.2 Å². The van der Waals surface area contributed by atoms with Crippen molar-refractivity contribution < 1.29 is 18.3 Å². The van der Waals surface area contributed by atoms with Gasteiger partial charge in [0.2, 0.25) is 0 Å². The Balaban J connectivity index is 2.40. The van der Waals surface area contributed by atoms with E-state index in [0.29, 0.717) is 18.8 Å². The molecule has 1 saturated carbocycles. The molecular weight excluding hydrogens is 253 g/mol. The summed E-state index contributed by atoms with van der Waals surface area (Å²) in [4.78, 5) is 0. The second-order valence-corrected chi connectivity index (χ2v) is 5.61. The molecule has 0 radical (unpaired) electrons. The van der Waals surface area contributed by atoms with Gasteiger partial charge in [-0.05, 0) is 43.2 Å². The Morgan fingerprint density at radius 1 is 1.16 bits per heavy atom. The second kappa shape index (κ2) is 5.16. The van der Waals surface area contributed by atoms with Crippen LogP contribution in [0.1, 0.15) is 50.2 Å². The van der Waals surface area contributed by atoms with Crippen molar-refractivity contribution in [3.63, 3.8) is 0 Å². The molecule has 2 rings (SSSR count). The molecule has 4 heteroatoms. The molecule has 1 aliphatic rings. The van der Waals surface area contributed by atoms with Gasteiger partial charge in [0.25, 0.3) is 0 Å². The molecule has 0 amide bonds. The number of alkyl halides is 3. The average Bonchev–Trinajstić information content (AvgIpc) is 2.52. The quantitative estimate of drug-likeness (QED) is 0.747. The number of rotatable bonds is 1. The molecule has 0 spiro atoms. The van der Waals surface area contributed by atoms with Gasteiger partial charge in [0.05, 0.1) is 11.2 Å². The van der Waals surface area contributed by atoms with Crippen molar-refractivity contribution >= 4 is 0 Å². The lowest BCUT2D eigenvalue weighted by atomic mass is 9.83. The maximum absolute atomic E-state index is 13.0. The minimum Gasteiger partial charge on any atom is -0.385 e. The minimum atomic E-state index is -4.41. The number of halogens is 3. The van der Waals surface area contributed by atoms with Crippen molar-refractivity contribution in [1.82, 2.24) is 0 Å². The van der Waals surface area contributed by atoms with Crippen LogP contribution in [0.25, 0.3) is 0 Å². The lowest BCUT2D eigenvalue weighted by Gasteiger charge is -2.30. The fourth-order valence-electron chi connectivity index (χ4n) is 2.90. The highest BCUT2D eigenvalue weighted by atomic mass is 19.4.